The van der Waals surface area contributed by atoms with E-state index in [0.29, 0.717) is 16.1 Å². The molecule has 1 saturated heterocycles. The molecule has 3 heterocycles. The van der Waals surface area contributed by atoms with Gasteiger partial charge in [0.15, 0.2) is 17.0 Å². The quantitative estimate of drug-likeness (QED) is 0.650. The maximum Gasteiger partial charge on any atom is 0.350 e. The predicted molar refractivity (Wildman–Crippen MR) is 112 cm³/mol. The number of aromatic nitrogens is 5. The summed E-state index contributed by atoms with van der Waals surface area (Å²) in [6.45, 7) is 2.72. The van der Waals surface area contributed by atoms with Crippen molar-refractivity contribution in [3.8, 4) is 32.9 Å². The Kier molecular flexibility index (Phi) is 4.56. The largest absolute Gasteiger partial charge is 0.507 e. The van der Waals surface area contributed by atoms with Gasteiger partial charge in [-0.2, -0.15) is 4.98 Å². The van der Waals surface area contributed by atoms with Crippen LogP contribution in [0.4, 0.5) is 4.39 Å². The number of hydrogen-bond donors (Lipinski definition) is 1. The van der Waals surface area contributed by atoms with Gasteiger partial charge in [0.05, 0.1) is 11.1 Å². The fourth-order valence-electron chi connectivity index (χ4n) is 4.47. The zero-order chi connectivity index (χ0) is 21.9. The second-order valence-corrected chi connectivity index (χ2v) is 9.30. The van der Waals surface area contributed by atoms with Crippen molar-refractivity contribution in [3.63, 3.8) is 0 Å². The average molecular weight is 444 g/mol. The summed E-state index contributed by atoms with van der Waals surface area (Å²) in [7, 11) is 3.50. The standard InChI is InChI=1S/C20H21FN6O3S/c1-20-7-11(8-27(20)3)14(15(20)21)30-19-25-24-17(31-19)12-5-4-10(6-13(12)28)16-22-9-26(2)18(29)23-16/h4-6,9,11,14-15,28H,7-8H2,1-3H3/t11-,14-,15-,20-/m1/s1. The van der Waals surface area contributed by atoms with Crippen LogP contribution in [-0.2, 0) is 7.05 Å². The van der Waals surface area contributed by atoms with Crippen LogP contribution in [-0.4, -0.2) is 66.1 Å². The van der Waals surface area contributed by atoms with Crippen molar-refractivity contribution in [1.29, 1.82) is 0 Å². The van der Waals surface area contributed by atoms with E-state index in [-0.39, 0.29) is 22.7 Å². The number of benzene rings is 1. The molecule has 0 unspecified atom stereocenters. The van der Waals surface area contributed by atoms with E-state index >= 15 is 0 Å². The summed E-state index contributed by atoms with van der Waals surface area (Å²) in [6, 6.07) is 4.81. The Morgan fingerprint density at radius 1 is 1.32 bits per heavy atom. The molecule has 4 atom stereocenters. The van der Waals surface area contributed by atoms with E-state index < -0.39 is 23.5 Å². The molecule has 1 aromatic carbocycles. The van der Waals surface area contributed by atoms with Crippen LogP contribution in [0.3, 0.4) is 0 Å². The van der Waals surface area contributed by atoms with Gasteiger partial charge >= 0.3 is 5.69 Å². The minimum absolute atomic E-state index is 0.0538. The second kappa shape index (κ2) is 7.06. The minimum Gasteiger partial charge on any atom is -0.507 e. The van der Waals surface area contributed by atoms with Crippen molar-refractivity contribution in [3.05, 3.63) is 35.0 Å². The van der Waals surface area contributed by atoms with Gasteiger partial charge in [0, 0.05) is 25.1 Å². The van der Waals surface area contributed by atoms with Gasteiger partial charge in [0.1, 0.15) is 18.2 Å². The third kappa shape index (κ3) is 3.19. The van der Waals surface area contributed by atoms with Crippen molar-refractivity contribution in [2.45, 2.75) is 31.2 Å². The smallest absolute Gasteiger partial charge is 0.350 e. The molecule has 0 amide bonds. The van der Waals surface area contributed by atoms with Gasteiger partial charge in [-0.25, -0.2) is 14.2 Å². The third-order valence-corrected chi connectivity index (χ3v) is 7.24. The number of rotatable bonds is 4. The number of alkyl halides is 1. The molecule has 1 N–H and O–H groups in total. The predicted octanol–water partition coefficient (Wildman–Crippen LogP) is 1.88. The molecule has 2 aromatic heterocycles. The minimum atomic E-state index is -1.10. The zero-order valence-corrected chi connectivity index (χ0v) is 18.0. The van der Waals surface area contributed by atoms with Crippen LogP contribution in [0.2, 0.25) is 0 Å². The highest BCUT2D eigenvalue weighted by atomic mass is 32.1. The van der Waals surface area contributed by atoms with Crippen molar-refractivity contribution in [2.75, 3.05) is 13.6 Å². The van der Waals surface area contributed by atoms with Gasteiger partial charge in [0.2, 0.25) is 0 Å². The van der Waals surface area contributed by atoms with Gasteiger partial charge in [-0.15, -0.1) is 5.10 Å². The maximum absolute atomic E-state index is 15.0. The van der Waals surface area contributed by atoms with Gasteiger partial charge < -0.3 is 9.84 Å². The number of nitrogens with zero attached hydrogens (tertiary/aromatic N) is 6. The molecule has 162 valence electrons. The lowest BCUT2D eigenvalue weighted by Crippen LogP contribution is -2.54. The van der Waals surface area contributed by atoms with Gasteiger partial charge in [-0.3, -0.25) is 9.47 Å². The Hall–Kier alpha value is -2.92. The molecule has 9 nitrogen and oxygen atoms in total. The fraction of sp³-hybridized carbons (Fsp3) is 0.450. The topological polar surface area (TPSA) is 106 Å². The lowest BCUT2D eigenvalue weighted by atomic mass is 9.97. The summed E-state index contributed by atoms with van der Waals surface area (Å²) in [6.07, 6.45) is 0.481. The molecule has 2 bridgehead atoms. The number of halogens is 1. The van der Waals surface area contributed by atoms with E-state index in [4.69, 9.17) is 4.74 Å². The number of aryl methyl sites for hydroxylation is 1. The maximum atomic E-state index is 15.0. The van der Waals surface area contributed by atoms with Crippen molar-refractivity contribution in [2.24, 2.45) is 13.0 Å². The van der Waals surface area contributed by atoms with E-state index in [9.17, 15) is 14.3 Å². The van der Waals surface area contributed by atoms with Crippen LogP contribution < -0.4 is 10.4 Å². The Morgan fingerprint density at radius 3 is 2.81 bits per heavy atom. The van der Waals surface area contributed by atoms with Crippen LogP contribution in [0.1, 0.15) is 13.3 Å². The van der Waals surface area contributed by atoms with E-state index in [0.717, 1.165) is 24.3 Å². The Bertz CT molecular complexity index is 1220. The molecule has 2 fully saturated rings. The summed E-state index contributed by atoms with van der Waals surface area (Å²) in [4.78, 5) is 21.8. The van der Waals surface area contributed by atoms with E-state index in [1.807, 2.05) is 14.0 Å². The van der Waals surface area contributed by atoms with E-state index in [1.165, 1.54) is 17.0 Å². The van der Waals surface area contributed by atoms with Crippen LogP contribution in [0, 0.1) is 5.92 Å². The van der Waals surface area contributed by atoms with Gasteiger partial charge in [-0.1, -0.05) is 22.5 Å². The zero-order valence-electron chi connectivity index (χ0n) is 17.2. The molecule has 5 rings (SSSR count). The number of aromatic hydroxyl groups is 1. The Balaban J connectivity index is 1.36. The second-order valence-electron chi connectivity index (χ2n) is 8.36. The molecule has 0 spiro atoms. The Morgan fingerprint density at radius 2 is 2.13 bits per heavy atom. The molecule has 1 aliphatic heterocycles. The summed E-state index contributed by atoms with van der Waals surface area (Å²) < 4.78 is 22.1. The lowest BCUT2D eigenvalue weighted by molar-refractivity contribution is -0.0124. The lowest BCUT2D eigenvalue weighted by Gasteiger charge is -2.38. The summed E-state index contributed by atoms with van der Waals surface area (Å²) >= 11 is 1.15. The van der Waals surface area contributed by atoms with Gasteiger partial charge in [0.25, 0.3) is 5.19 Å². The highest BCUT2D eigenvalue weighted by Gasteiger charge is 2.60. The molecule has 1 saturated carbocycles. The van der Waals surface area contributed by atoms with E-state index in [2.05, 4.69) is 25.1 Å². The van der Waals surface area contributed by atoms with Crippen molar-refractivity contribution < 1.29 is 14.2 Å². The molecule has 11 heteroatoms. The van der Waals surface area contributed by atoms with Crippen molar-refractivity contribution >= 4 is 11.3 Å². The van der Waals surface area contributed by atoms with Crippen molar-refractivity contribution in [1.82, 2.24) is 29.6 Å². The molecule has 1 aliphatic carbocycles. The number of fused-ring (bicyclic) bond motifs is 2. The average Bonchev–Trinajstić information content (AvgIpc) is 3.38. The SMILES string of the molecule is CN1C[C@H]2C[C@]1(C)[C@H](F)[C@@H]2Oc1nnc(-c2ccc(-c3ncn(C)c(=O)n3)cc2O)s1. The number of likely N-dealkylation sites (tertiary alicyclic amines) is 1. The summed E-state index contributed by atoms with van der Waals surface area (Å²) in [5, 5.41) is 19.4. The molecule has 31 heavy (non-hydrogen) atoms. The van der Waals surface area contributed by atoms with Crippen LogP contribution in [0.5, 0.6) is 10.9 Å². The first-order chi connectivity index (χ1) is 14.8. The molecule has 2 aliphatic rings. The van der Waals surface area contributed by atoms with Crippen LogP contribution >= 0.6 is 11.3 Å². The first-order valence-electron chi connectivity index (χ1n) is 9.85. The highest BCUT2D eigenvalue weighted by molar-refractivity contribution is 7.16. The highest BCUT2D eigenvalue weighted by Crippen LogP contribution is 2.49. The molecular formula is C20H21FN6O3S. The number of hydrogen-bond acceptors (Lipinski definition) is 9. The monoisotopic (exact) mass is 444 g/mol. The molecule has 3 aromatic rings. The van der Waals surface area contributed by atoms with Crippen LogP contribution in [0.15, 0.2) is 29.3 Å². The Labute approximate surface area is 181 Å². The summed E-state index contributed by atoms with van der Waals surface area (Å²) in [5.41, 5.74) is 0.0134. The first kappa shape index (κ1) is 20.0. The third-order valence-electron chi connectivity index (χ3n) is 6.39. The normalized spacial score (nSPS) is 27.7. The first-order valence-corrected chi connectivity index (χ1v) is 10.7. The number of phenolic OH excluding ortho intramolecular Hbond substituents is 1. The fourth-order valence-corrected chi connectivity index (χ4v) is 5.24. The summed E-state index contributed by atoms with van der Waals surface area (Å²) in [5.74, 6) is 0.278. The number of ether oxygens (including phenoxy) is 1. The number of piperidine rings is 1. The van der Waals surface area contributed by atoms with E-state index in [1.54, 1.807) is 19.2 Å². The molecule has 0 radical (unpaired) electrons. The van der Waals surface area contributed by atoms with Gasteiger partial charge in [-0.05, 0) is 32.5 Å². The molecular weight excluding hydrogens is 423 g/mol. The number of phenols is 1. The van der Waals surface area contributed by atoms with Crippen LogP contribution in [0.25, 0.3) is 22.0 Å².